The highest BCUT2D eigenvalue weighted by molar-refractivity contribution is 6.32. The maximum absolute atomic E-state index is 6.25. The number of nitrogens with two attached hydrogens (primary N) is 1. The third-order valence-corrected chi connectivity index (χ3v) is 3.52. The summed E-state index contributed by atoms with van der Waals surface area (Å²) in [7, 11) is 0. The predicted octanol–water partition coefficient (Wildman–Crippen LogP) is 4.18. The number of hydrogen-bond acceptors (Lipinski definition) is 3. The van der Waals surface area contributed by atoms with Crippen molar-refractivity contribution in [3.63, 3.8) is 0 Å². The summed E-state index contributed by atoms with van der Waals surface area (Å²) in [6, 6.07) is 15.6. The van der Waals surface area contributed by atoms with E-state index in [1.54, 1.807) is 6.20 Å². The van der Waals surface area contributed by atoms with Gasteiger partial charge in [-0.25, -0.2) is 0 Å². The number of halogens is 1. The van der Waals surface area contributed by atoms with Crippen LogP contribution in [-0.2, 0) is 6.42 Å². The average Bonchev–Trinajstić information content (AvgIpc) is 2.50. The summed E-state index contributed by atoms with van der Waals surface area (Å²) < 4.78 is 5.82. The van der Waals surface area contributed by atoms with Crippen molar-refractivity contribution >= 4 is 22.5 Å². The van der Waals surface area contributed by atoms with Crippen molar-refractivity contribution in [3.8, 4) is 11.5 Å². The standard InChI is InChI=1S/C17H15ClN2O/c18-15-9-12(7-8-19)5-6-17(15)21-14-10-13-3-1-2-4-16(13)20-11-14/h1-6,9-11H,7-8,19H2. The number of pyridine rings is 1. The third kappa shape index (κ3) is 3.15. The maximum Gasteiger partial charge on any atom is 0.146 e. The van der Waals surface area contributed by atoms with Crippen molar-refractivity contribution in [2.75, 3.05) is 6.54 Å². The van der Waals surface area contributed by atoms with E-state index in [0.29, 0.717) is 23.1 Å². The molecular weight excluding hydrogens is 284 g/mol. The SMILES string of the molecule is NCCc1ccc(Oc2cnc3ccccc3c2)c(Cl)c1. The summed E-state index contributed by atoms with van der Waals surface area (Å²) in [6.07, 6.45) is 2.50. The van der Waals surface area contributed by atoms with E-state index in [0.717, 1.165) is 22.9 Å². The molecular formula is C17H15ClN2O. The molecule has 0 bridgehead atoms. The molecule has 1 heterocycles. The van der Waals surface area contributed by atoms with Gasteiger partial charge in [0.25, 0.3) is 0 Å². The first kappa shape index (κ1) is 13.9. The Hall–Kier alpha value is -2.10. The first-order valence-corrected chi connectivity index (χ1v) is 7.15. The van der Waals surface area contributed by atoms with E-state index in [-0.39, 0.29) is 0 Å². The van der Waals surface area contributed by atoms with E-state index in [9.17, 15) is 0 Å². The smallest absolute Gasteiger partial charge is 0.146 e. The quantitative estimate of drug-likeness (QED) is 0.786. The van der Waals surface area contributed by atoms with E-state index in [2.05, 4.69) is 4.98 Å². The summed E-state index contributed by atoms with van der Waals surface area (Å²) >= 11 is 6.25. The molecule has 2 aromatic carbocycles. The van der Waals surface area contributed by atoms with Crippen molar-refractivity contribution in [3.05, 3.63) is 65.3 Å². The van der Waals surface area contributed by atoms with Crippen LogP contribution in [0, 0.1) is 0 Å². The maximum atomic E-state index is 6.25. The van der Waals surface area contributed by atoms with Gasteiger partial charge in [-0.15, -0.1) is 0 Å². The zero-order chi connectivity index (χ0) is 14.7. The first-order chi connectivity index (χ1) is 10.3. The van der Waals surface area contributed by atoms with Gasteiger partial charge in [0.2, 0.25) is 0 Å². The molecule has 4 heteroatoms. The zero-order valence-corrected chi connectivity index (χ0v) is 12.2. The Morgan fingerprint density at radius 1 is 1.10 bits per heavy atom. The van der Waals surface area contributed by atoms with Gasteiger partial charge in [-0.05, 0) is 42.8 Å². The van der Waals surface area contributed by atoms with Crippen LogP contribution in [0.5, 0.6) is 11.5 Å². The second kappa shape index (κ2) is 6.12. The van der Waals surface area contributed by atoms with Crippen LogP contribution in [0.1, 0.15) is 5.56 Å². The highest BCUT2D eigenvalue weighted by Crippen LogP contribution is 2.31. The fraction of sp³-hybridized carbons (Fsp3) is 0.118. The monoisotopic (exact) mass is 298 g/mol. The molecule has 0 aliphatic carbocycles. The molecule has 2 N–H and O–H groups in total. The summed E-state index contributed by atoms with van der Waals surface area (Å²) in [6.45, 7) is 0.602. The van der Waals surface area contributed by atoms with Gasteiger partial charge < -0.3 is 10.5 Å². The van der Waals surface area contributed by atoms with Crippen LogP contribution in [0.15, 0.2) is 54.7 Å². The summed E-state index contributed by atoms with van der Waals surface area (Å²) in [4.78, 5) is 4.37. The van der Waals surface area contributed by atoms with Crippen molar-refractivity contribution < 1.29 is 4.74 Å². The molecule has 0 radical (unpaired) electrons. The van der Waals surface area contributed by atoms with Crippen LogP contribution >= 0.6 is 11.6 Å². The lowest BCUT2D eigenvalue weighted by atomic mass is 10.1. The van der Waals surface area contributed by atoms with Crippen LogP contribution in [0.4, 0.5) is 0 Å². The Kier molecular flexibility index (Phi) is 4.04. The van der Waals surface area contributed by atoms with Gasteiger partial charge in [0.15, 0.2) is 0 Å². The molecule has 0 spiro atoms. The largest absolute Gasteiger partial charge is 0.454 e. The lowest BCUT2D eigenvalue weighted by molar-refractivity contribution is 0.481. The summed E-state index contributed by atoms with van der Waals surface area (Å²) in [5, 5.41) is 1.61. The number of ether oxygens (including phenoxy) is 1. The van der Waals surface area contributed by atoms with E-state index in [1.165, 1.54) is 0 Å². The molecule has 0 aliphatic rings. The fourth-order valence-electron chi connectivity index (χ4n) is 2.18. The van der Waals surface area contributed by atoms with Crippen molar-refractivity contribution in [2.24, 2.45) is 5.73 Å². The Bertz CT molecular complexity index is 774. The molecule has 0 amide bonds. The number of aromatic nitrogens is 1. The Morgan fingerprint density at radius 3 is 2.76 bits per heavy atom. The van der Waals surface area contributed by atoms with Crippen molar-refractivity contribution in [2.45, 2.75) is 6.42 Å². The van der Waals surface area contributed by atoms with Gasteiger partial charge >= 0.3 is 0 Å². The van der Waals surface area contributed by atoms with E-state index in [4.69, 9.17) is 22.1 Å². The molecule has 0 atom stereocenters. The highest BCUT2D eigenvalue weighted by Gasteiger charge is 2.06. The van der Waals surface area contributed by atoms with Crippen molar-refractivity contribution in [1.82, 2.24) is 4.98 Å². The fourth-order valence-corrected chi connectivity index (χ4v) is 2.42. The van der Waals surface area contributed by atoms with Gasteiger partial charge in [0.1, 0.15) is 11.5 Å². The highest BCUT2D eigenvalue weighted by atomic mass is 35.5. The van der Waals surface area contributed by atoms with Crippen LogP contribution < -0.4 is 10.5 Å². The Labute approximate surface area is 128 Å². The van der Waals surface area contributed by atoms with E-state index >= 15 is 0 Å². The molecule has 106 valence electrons. The molecule has 0 saturated heterocycles. The minimum absolute atomic E-state index is 0.578. The summed E-state index contributed by atoms with van der Waals surface area (Å²) in [5.74, 6) is 1.29. The molecule has 21 heavy (non-hydrogen) atoms. The molecule has 0 aliphatic heterocycles. The molecule has 1 aromatic heterocycles. The minimum atomic E-state index is 0.578. The predicted molar refractivity (Wildman–Crippen MR) is 86.0 cm³/mol. The van der Waals surface area contributed by atoms with Gasteiger partial charge in [-0.1, -0.05) is 35.9 Å². The van der Waals surface area contributed by atoms with Gasteiger partial charge in [-0.3, -0.25) is 4.98 Å². The molecule has 0 fully saturated rings. The van der Waals surface area contributed by atoms with E-state index in [1.807, 2.05) is 48.5 Å². The lowest BCUT2D eigenvalue weighted by Crippen LogP contribution is -2.02. The van der Waals surface area contributed by atoms with E-state index < -0.39 is 0 Å². The molecule has 0 unspecified atom stereocenters. The van der Waals surface area contributed by atoms with Gasteiger partial charge in [0.05, 0.1) is 16.7 Å². The van der Waals surface area contributed by atoms with Crippen LogP contribution in [0.3, 0.4) is 0 Å². The number of hydrogen-bond donors (Lipinski definition) is 1. The van der Waals surface area contributed by atoms with Crippen molar-refractivity contribution in [1.29, 1.82) is 0 Å². The van der Waals surface area contributed by atoms with Gasteiger partial charge in [0, 0.05) is 5.39 Å². The average molecular weight is 299 g/mol. The van der Waals surface area contributed by atoms with Crippen LogP contribution in [0.2, 0.25) is 5.02 Å². The normalized spacial score (nSPS) is 10.8. The number of benzene rings is 2. The number of nitrogens with zero attached hydrogens (tertiary/aromatic N) is 1. The summed E-state index contributed by atoms with van der Waals surface area (Å²) in [5.41, 5.74) is 7.58. The van der Waals surface area contributed by atoms with Crippen LogP contribution in [0.25, 0.3) is 10.9 Å². The second-order valence-electron chi connectivity index (χ2n) is 4.77. The zero-order valence-electron chi connectivity index (χ0n) is 11.4. The molecule has 3 nitrogen and oxygen atoms in total. The number of fused-ring (bicyclic) bond motifs is 1. The topological polar surface area (TPSA) is 48.1 Å². The number of para-hydroxylation sites is 1. The Balaban J connectivity index is 1.87. The molecule has 0 saturated carbocycles. The molecule has 3 aromatic rings. The van der Waals surface area contributed by atoms with Gasteiger partial charge in [-0.2, -0.15) is 0 Å². The Morgan fingerprint density at radius 2 is 1.95 bits per heavy atom. The third-order valence-electron chi connectivity index (χ3n) is 3.22. The molecule has 3 rings (SSSR count). The number of rotatable bonds is 4. The first-order valence-electron chi connectivity index (χ1n) is 6.77. The lowest BCUT2D eigenvalue weighted by Gasteiger charge is -2.09. The van der Waals surface area contributed by atoms with Crippen LogP contribution in [-0.4, -0.2) is 11.5 Å². The second-order valence-corrected chi connectivity index (χ2v) is 5.18. The minimum Gasteiger partial charge on any atom is -0.454 e.